The molecule has 0 spiro atoms. The Balaban J connectivity index is 2.36. The number of carbonyl (C=O) groups is 1. The zero-order chi connectivity index (χ0) is 44.8. The van der Waals surface area contributed by atoms with Crippen molar-refractivity contribution in [3.8, 4) is 0 Å². The van der Waals surface area contributed by atoms with E-state index in [-0.39, 0.29) is 12.8 Å². The summed E-state index contributed by atoms with van der Waals surface area (Å²) in [6.07, 6.45) is 35.0. The van der Waals surface area contributed by atoms with E-state index in [1.165, 1.54) is 116 Å². The highest BCUT2D eigenvalue weighted by Crippen LogP contribution is 2.23. The van der Waals surface area contributed by atoms with Gasteiger partial charge in [0.05, 0.1) is 25.4 Å². The van der Waals surface area contributed by atoms with Crippen molar-refractivity contribution in [3.63, 3.8) is 0 Å². The fourth-order valence-electron chi connectivity index (χ4n) is 7.73. The van der Waals surface area contributed by atoms with Gasteiger partial charge in [0.2, 0.25) is 5.91 Å². The molecule has 61 heavy (non-hydrogen) atoms. The number of aliphatic hydroxyl groups is 7. The third kappa shape index (κ3) is 29.4. The van der Waals surface area contributed by atoms with Crippen LogP contribution in [0.3, 0.4) is 0 Å². The van der Waals surface area contributed by atoms with Crippen LogP contribution in [0.2, 0.25) is 0 Å². The first-order valence-electron chi connectivity index (χ1n) is 24.9. The van der Waals surface area contributed by atoms with Crippen LogP contribution < -0.4 is 5.32 Å². The minimum Gasteiger partial charge on any atom is -0.394 e. The van der Waals surface area contributed by atoms with E-state index in [4.69, 9.17) is 9.47 Å². The summed E-state index contributed by atoms with van der Waals surface area (Å²) in [5.41, 5.74) is 0. The molecule has 1 amide bonds. The molecule has 0 radical (unpaired) electrons. The zero-order valence-electron chi connectivity index (χ0n) is 38.6. The summed E-state index contributed by atoms with van der Waals surface area (Å²) in [5, 5.41) is 75.6. The SMILES string of the molecule is CCCC/C=C/CC/C=C/CCCC(O)C(O)C(COC1OC(CO)C(O)C(O)C1O)NC(=O)C(O)CCCCCCCCC/C=C\CCCCCCCCCCCCCC. The van der Waals surface area contributed by atoms with Gasteiger partial charge in [-0.25, -0.2) is 0 Å². The number of unbranched alkanes of at least 4 members (excludes halogenated alkanes) is 23. The average Bonchev–Trinajstić information content (AvgIpc) is 3.26. The van der Waals surface area contributed by atoms with Gasteiger partial charge in [-0.3, -0.25) is 4.79 Å². The zero-order valence-corrected chi connectivity index (χ0v) is 38.6. The first-order valence-corrected chi connectivity index (χ1v) is 24.9. The molecule has 0 aliphatic carbocycles. The van der Waals surface area contributed by atoms with Crippen molar-refractivity contribution in [2.45, 2.75) is 262 Å². The number of rotatable bonds is 41. The second-order valence-electron chi connectivity index (χ2n) is 17.5. The fraction of sp³-hybridized carbons (Fsp3) is 0.860. The maximum Gasteiger partial charge on any atom is 0.249 e. The normalized spacial score (nSPS) is 21.8. The molecule has 0 aromatic heterocycles. The molecule has 8 N–H and O–H groups in total. The lowest BCUT2D eigenvalue weighted by atomic mass is 9.98. The minimum absolute atomic E-state index is 0.244. The molecule has 1 saturated heterocycles. The second-order valence-corrected chi connectivity index (χ2v) is 17.5. The number of hydrogen-bond acceptors (Lipinski definition) is 10. The molecule has 9 atom stereocenters. The standard InChI is InChI=1S/C50H93NO10/c1-3-5-7-9-11-13-15-16-17-18-19-20-21-22-23-24-25-26-28-30-32-34-36-38-43(54)49(59)51-41(40-60-50-48(58)47(57)46(56)44(39-52)61-50)45(55)42(53)37-35-33-31-29-27-14-12-10-8-6-4-2/h10,12,22-23,29,31,41-48,50,52-58H,3-9,11,13-21,24-28,30,32-40H2,1-2H3,(H,51,59)/b12-10+,23-22-,31-29+. The molecule has 11 nitrogen and oxygen atoms in total. The van der Waals surface area contributed by atoms with Gasteiger partial charge in [0.25, 0.3) is 0 Å². The number of hydrogen-bond donors (Lipinski definition) is 8. The van der Waals surface area contributed by atoms with Crippen LogP contribution >= 0.6 is 0 Å². The molecule has 1 aliphatic heterocycles. The van der Waals surface area contributed by atoms with Gasteiger partial charge in [0, 0.05) is 0 Å². The third-order valence-electron chi connectivity index (χ3n) is 11.9. The molecule has 1 heterocycles. The molecule has 0 aromatic carbocycles. The van der Waals surface area contributed by atoms with E-state index in [2.05, 4.69) is 55.6 Å². The van der Waals surface area contributed by atoms with Crippen molar-refractivity contribution < 1.29 is 50.0 Å². The maximum absolute atomic E-state index is 13.1. The molecule has 358 valence electrons. The van der Waals surface area contributed by atoms with E-state index >= 15 is 0 Å². The summed E-state index contributed by atoms with van der Waals surface area (Å²) in [4.78, 5) is 13.1. The van der Waals surface area contributed by atoms with Crippen molar-refractivity contribution in [3.05, 3.63) is 36.5 Å². The topological polar surface area (TPSA) is 189 Å². The summed E-state index contributed by atoms with van der Waals surface area (Å²) in [7, 11) is 0. The first-order chi connectivity index (χ1) is 29.7. The summed E-state index contributed by atoms with van der Waals surface area (Å²) in [6, 6.07) is -1.19. The van der Waals surface area contributed by atoms with E-state index in [0.29, 0.717) is 19.3 Å². The predicted molar refractivity (Wildman–Crippen MR) is 247 cm³/mol. The summed E-state index contributed by atoms with van der Waals surface area (Å²) < 4.78 is 11.1. The first kappa shape index (κ1) is 57.3. The number of nitrogens with one attached hydrogen (secondary N) is 1. The lowest BCUT2D eigenvalue weighted by Crippen LogP contribution is -2.60. The monoisotopic (exact) mass is 868 g/mol. The number of amides is 1. The molecular formula is C50H93NO10. The molecular weight excluding hydrogens is 775 g/mol. The largest absolute Gasteiger partial charge is 0.394 e. The quantitative estimate of drug-likeness (QED) is 0.0218. The lowest BCUT2D eigenvalue weighted by molar-refractivity contribution is -0.303. The number of carbonyl (C=O) groups excluding carboxylic acids is 1. The van der Waals surface area contributed by atoms with Crippen molar-refractivity contribution in [2.75, 3.05) is 13.2 Å². The number of aliphatic hydroxyl groups excluding tert-OH is 7. The van der Waals surface area contributed by atoms with Crippen LogP contribution in [0.15, 0.2) is 36.5 Å². The van der Waals surface area contributed by atoms with Crippen LogP contribution in [0, 0.1) is 0 Å². The molecule has 1 aliphatic rings. The van der Waals surface area contributed by atoms with Crippen LogP contribution in [0.25, 0.3) is 0 Å². The summed E-state index contributed by atoms with van der Waals surface area (Å²) in [6.45, 7) is 3.37. The van der Waals surface area contributed by atoms with Crippen LogP contribution in [-0.2, 0) is 14.3 Å². The predicted octanol–water partition coefficient (Wildman–Crippen LogP) is 8.78. The molecule has 0 saturated carbocycles. The van der Waals surface area contributed by atoms with E-state index < -0.39 is 74.2 Å². The van der Waals surface area contributed by atoms with Gasteiger partial charge in [0.1, 0.15) is 36.6 Å². The smallest absolute Gasteiger partial charge is 0.249 e. The Morgan fingerprint density at radius 3 is 1.51 bits per heavy atom. The van der Waals surface area contributed by atoms with Crippen LogP contribution in [0.1, 0.15) is 206 Å². The highest BCUT2D eigenvalue weighted by molar-refractivity contribution is 5.80. The maximum atomic E-state index is 13.1. The molecule has 9 unspecified atom stereocenters. The van der Waals surface area contributed by atoms with Crippen LogP contribution in [0.5, 0.6) is 0 Å². The fourth-order valence-corrected chi connectivity index (χ4v) is 7.73. The second kappa shape index (κ2) is 39.9. The van der Waals surface area contributed by atoms with E-state index in [0.717, 1.165) is 44.9 Å². The lowest BCUT2D eigenvalue weighted by Gasteiger charge is -2.40. The Morgan fingerprint density at radius 1 is 0.557 bits per heavy atom. The number of ether oxygens (including phenoxy) is 2. The Morgan fingerprint density at radius 2 is 1.00 bits per heavy atom. The molecule has 0 aromatic rings. The van der Waals surface area contributed by atoms with Gasteiger partial charge in [-0.15, -0.1) is 0 Å². The van der Waals surface area contributed by atoms with Gasteiger partial charge in [-0.1, -0.05) is 172 Å². The van der Waals surface area contributed by atoms with E-state index in [1.54, 1.807) is 0 Å². The molecule has 0 bridgehead atoms. The van der Waals surface area contributed by atoms with Gasteiger partial charge in [-0.05, 0) is 70.6 Å². The minimum atomic E-state index is -1.67. The van der Waals surface area contributed by atoms with Crippen LogP contribution in [-0.4, -0.2) is 110 Å². The average molecular weight is 868 g/mol. The van der Waals surface area contributed by atoms with Crippen molar-refractivity contribution in [1.29, 1.82) is 0 Å². The van der Waals surface area contributed by atoms with Gasteiger partial charge < -0.3 is 50.5 Å². The van der Waals surface area contributed by atoms with Crippen molar-refractivity contribution in [1.82, 2.24) is 5.32 Å². The number of allylic oxidation sites excluding steroid dienone is 6. The van der Waals surface area contributed by atoms with E-state index in [9.17, 15) is 40.5 Å². The van der Waals surface area contributed by atoms with Gasteiger partial charge >= 0.3 is 0 Å². The highest BCUT2D eigenvalue weighted by atomic mass is 16.7. The Hall–Kier alpha value is -1.67. The summed E-state index contributed by atoms with van der Waals surface area (Å²) in [5.74, 6) is -0.716. The van der Waals surface area contributed by atoms with Gasteiger partial charge in [0.15, 0.2) is 6.29 Å². The third-order valence-corrected chi connectivity index (χ3v) is 11.9. The van der Waals surface area contributed by atoms with Gasteiger partial charge in [-0.2, -0.15) is 0 Å². The van der Waals surface area contributed by atoms with E-state index in [1.807, 2.05) is 0 Å². The van der Waals surface area contributed by atoms with Crippen molar-refractivity contribution >= 4 is 5.91 Å². The molecule has 1 rings (SSSR count). The Labute approximate surface area is 371 Å². The van der Waals surface area contributed by atoms with Crippen LogP contribution in [0.4, 0.5) is 0 Å². The molecule has 1 fully saturated rings. The highest BCUT2D eigenvalue weighted by Gasteiger charge is 2.44. The summed E-state index contributed by atoms with van der Waals surface area (Å²) >= 11 is 0. The molecule has 11 heteroatoms. The Kier molecular flexibility index (Phi) is 37.5. The van der Waals surface area contributed by atoms with Crippen molar-refractivity contribution in [2.24, 2.45) is 0 Å². The Bertz CT molecular complexity index is 1090.